The van der Waals surface area contributed by atoms with Crippen molar-refractivity contribution in [3.05, 3.63) is 0 Å². The number of rotatable bonds is 0. The second-order valence-electron chi connectivity index (χ2n) is 3.24. The molecule has 1 rings (SSSR count). The molecular weight excluding hydrogens is 128 g/mol. The number of piperidine rings is 1. The largest absolute Gasteiger partial charge is 0.413 e. The molecule has 0 aromatic rings. The number of hydrogen-bond acceptors (Lipinski definition) is 1. The number of quaternary nitrogens is 1. The number of carbonyl (C=O) groups excluding carboxylic acids is 1. The second-order valence-corrected chi connectivity index (χ2v) is 3.24. The predicted molar refractivity (Wildman–Crippen MR) is 39.4 cm³/mol. The minimum atomic E-state index is -0.181. The molecule has 1 heterocycles. The van der Waals surface area contributed by atoms with Crippen LogP contribution in [0.4, 0.5) is 4.79 Å². The molecule has 0 aromatic heterocycles. The Balaban J connectivity index is 2.56. The third-order valence-electron chi connectivity index (χ3n) is 2.34. The molecule has 0 unspecified atom stereocenters. The molecular formula is C7H15N2O+. The molecule has 0 aromatic carbocycles. The van der Waals surface area contributed by atoms with Gasteiger partial charge in [0.15, 0.2) is 0 Å². The fraction of sp³-hybridized carbons (Fsp3) is 0.857. The molecule has 3 nitrogen and oxygen atoms in total. The van der Waals surface area contributed by atoms with Gasteiger partial charge in [-0.1, -0.05) is 0 Å². The molecule has 2 N–H and O–H groups in total. The number of urea groups is 1. The molecule has 1 aliphatic heterocycles. The van der Waals surface area contributed by atoms with Gasteiger partial charge >= 0.3 is 6.03 Å². The maximum absolute atomic E-state index is 10.9. The summed E-state index contributed by atoms with van der Waals surface area (Å²) in [6.45, 7) is 1.85. The van der Waals surface area contributed by atoms with E-state index in [9.17, 15) is 4.79 Å². The zero-order chi connectivity index (χ0) is 7.61. The highest BCUT2D eigenvalue weighted by atomic mass is 16.2. The van der Waals surface area contributed by atoms with Gasteiger partial charge < -0.3 is 5.73 Å². The molecule has 0 bridgehead atoms. The molecule has 1 saturated heterocycles. The molecule has 0 atom stereocenters. The van der Waals surface area contributed by atoms with Crippen molar-refractivity contribution < 1.29 is 9.28 Å². The number of likely N-dealkylation sites (tertiary alicyclic amines) is 1. The zero-order valence-electron chi connectivity index (χ0n) is 6.47. The van der Waals surface area contributed by atoms with Crippen molar-refractivity contribution >= 4 is 6.03 Å². The molecule has 58 valence electrons. The summed E-state index contributed by atoms with van der Waals surface area (Å²) in [7, 11) is 1.92. The maximum atomic E-state index is 10.9. The topological polar surface area (TPSA) is 43.1 Å². The van der Waals surface area contributed by atoms with Gasteiger partial charge in [0.2, 0.25) is 0 Å². The first-order valence-electron chi connectivity index (χ1n) is 3.80. The van der Waals surface area contributed by atoms with Crippen molar-refractivity contribution in [1.82, 2.24) is 0 Å². The van der Waals surface area contributed by atoms with Gasteiger partial charge in [0.1, 0.15) is 0 Å². The van der Waals surface area contributed by atoms with E-state index in [-0.39, 0.29) is 6.03 Å². The third kappa shape index (κ3) is 1.29. The first-order valence-corrected chi connectivity index (χ1v) is 3.80. The summed E-state index contributed by atoms with van der Waals surface area (Å²) in [6, 6.07) is -0.181. The average Bonchev–Trinajstić information content (AvgIpc) is 1.89. The molecule has 0 radical (unpaired) electrons. The van der Waals surface area contributed by atoms with Crippen molar-refractivity contribution in [2.75, 3.05) is 20.1 Å². The van der Waals surface area contributed by atoms with Crippen LogP contribution >= 0.6 is 0 Å². The monoisotopic (exact) mass is 143 g/mol. The first kappa shape index (κ1) is 7.54. The van der Waals surface area contributed by atoms with E-state index in [2.05, 4.69) is 0 Å². The van der Waals surface area contributed by atoms with Crippen LogP contribution in [0.15, 0.2) is 0 Å². The Morgan fingerprint density at radius 1 is 1.30 bits per heavy atom. The lowest BCUT2D eigenvalue weighted by atomic mass is 10.1. The van der Waals surface area contributed by atoms with E-state index in [1.165, 1.54) is 6.42 Å². The Morgan fingerprint density at radius 2 is 1.80 bits per heavy atom. The van der Waals surface area contributed by atoms with Gasteiger partial charge in [-0.15, -0.1) is 0 Å². The van der Waals surface area contributed by atoms with Gasteiger partial charge in [0, 0.05) is 0 Å². The zero-order valence-corrected chi connectivity index (χ0v) is 6.47. The number of nitrogens with zero attached hydrogens (tertiary/aromatic N) is 1. The molecule has 1 fully saturated rings. The van der Waals surface area contributed by atoms with Crippen LogP contribution < -0.4 is 5.73 Å². The quantitative estimate of drug-likeness (QED) is 0.498. The summed E-state index contributed by atoms with van der Waals surface area (Å²) in [5, 5.41) is 0. The van der Waals surface area contributed by atoms with Gasteiger partial charge in [-0.25, -0.2) is 9.28 Å². The van der Waals surface area contributed by atoms with Gasteiger partial charge in [-0.05, 0) is 19.3 Å². The second kappa shape index (κ2) is 2.58. The van der Waals surface area contributed by atoms with Gasteiger partial charge in [-0.3, -0.25) is 0 Å². The summed E-state index contributed by atoms with van der Waals surface area (Å²) < 4.78 is 0.444. The third-order valence-corrected chi connectivity index (χ3v) is 2.34. The Morgan fingerprint density at radius 3 is 2.10 bits per heavy atom. The van der Waals surface area contributed by atoms with Crippen molar-refractivity contribution in [3.63, 3.8) is 0 Å². The Hall–Kier alpha value is -0.570. The van der Waals surface area contributed by atoms with E-state index in [1.807, 2.05) is 7.05 Å². The average molecular weight is 143 g/mol. The number of amides is 2. The molecule has 3 heteroatoms. The van der Waals surface area contributed by atoms with E-state index < -0.39 is 0 Å². The summed E-state index contributed by atoms with van der Waals surface area (Å²) in [4.78, 5) is 10.9. The molecule has 1 aliphatic rings. The summed E-state index contributed by atoms with van der Waals surface area (Å²) in [5.41, 5.74) is 5.23. The van der Waals surface area contributed by atoms with Crippen molar-refractivity contribution in [3.8, 4) is 0 Å². The molecule has 10 heavy (non-hydrogen) atoms. The molecule has 0 aliphatic carbocycles. The van der Waals surface area contributed by atoms with E-state index in [4.69, 9.17) is 5.73 Å². The summed E-state index contributed by atoms with van der Waals surface area (Å²) >= 11 is 0. The molecule has 0 spiro atoms. The van der Waals surface area contributed by atoms with Crippen LogP contribution in [0.1, 0.15) is 19.3 Å². The van der Waals surface area contributed by atoms with Crippen LogP contribution in [-0.4, -0.2) is 30.7 Å². The molecule has 0 saturated carbocycles. The van der Waals surface area contributed by atoms with E-state index in [1.54, 1.807) is 0 Å². The highest BCUT2D eigenvalue weighted by Gasteiger charge is 2.30. The lowest BCUT2D eigenvalue weighted by molar-refractivity contribution is -0.834. The number of primary amides is 1. The SMILES string of the molecule is C[N+]1(C(N)=O)CCCCC1. The minimum Gasteiger partial charge on any atom is -0.319 e. The van der Waals surface area contributed by atoms with E-state index in [0.29, 0.717) is 4.48 Å². The fourth-order valence-electron chi connectivity index (χ4n) is 1.43. The normalized spacial score (nSPS) is 24.1. The van der Waals surface area contributed by atoms with Crippen LogP contribution in [0.5, 0.6) is 0 Å². The fourth-order valence-corrected chi connectivity index (χ4v) is 1.43. The van der Waals surface area contributed by atoms with Crippen LogP contribution in [-0.2, 0) is 0 Å². The number of hydrogen-bond donors (Lipinski definition) is 1. The highest BCUT2D eigenvalue weighted by Crippen LogP contribution is 2.14. The Bertz CT molecular complexity index is 139. The van der Waals surface area contributed by atoms with Gasteiger partial charge in [-0.2, -0.15) is 0 Å². The lowest BCUT2D eigenvalue weighted by Crippen LogP contribution is -2.55. The lowest BCUT2D eigenvalue weighted by Gasteiger charge is -2.32. The Labute approximate surface area is 61.4 Å². The summed E-state index contributed by atoms with van der Waals surface area (Å²) in [6.07, 6.45) is 3.53. The van der Waals surface area contributed by atoms with Crippen LogP contribution in [0.2, 0.25) is 0 Å². The standard InChI is InChI=1S/C7H14N2O/c1-9(7(8)10)5-3-2-4-6-9/h2-6H2,1H3,(H-,8,10)/p+1. The Kier molecular flexibility index (Phi) is 1.94. The maximum Gasteiger partial charge on any atom is 0.413 e. The number of carbonyl (C=O) groups is 1. The summed E-state index contributed by atoms with van der Waals surface area (Å²) in [5.74, 6) is 0. The van der Waals surface area contributed by atoms with Crippen molar-refractivity contribution in [1.29, 1.82) is 0 Å². The van der Waals surface area contributed by atoms with Crippen molar-refractivity contribution in [2.24, 2.45) is 5.73 Å². The highest BCUT2D eigenvalue weighted by molar-refractivity contribution is 5.64. The van der Waals surface area contributed by atoms with Gasteiger partial charge in [0.25, 0.3) is 0 Å². The van der Waals surface area contributed by atoms with Gasteiger partial charge in [0.05, 0.1) is 20.1 Å². The minimum absolute atomic E-state index is 0.181. The van der Waals surface area contributed by atoms with Crippen LogP contribution in [0, 0.1) is 0 Å². The predicted octanol–water partition coefficient (Wildman–Crippen LogP) is 0.696. The van der Waals surface area contributed by atoms with Crippen LogP contribution in [0.3, 0.4) is 0 Å². The van der Waals surface area contributed by atoms with E-state index in [0.717, 1.165) is 25.9 Å². The molecule has 2 amide bonds. The van der Waals surface area contributed by atoms with E-state index >= 15 is 0 Å². The smallest absolute Gasteiger partial charge is 0.319 e. The van der Waals surface area contributed by atoms with Crippen LogP contribution in [0.25, 0.3) is 0 Å². The first-order chi connectivity index (χ1) is 4.65. The number of nitrogens with two attached hydrogens (primary N) is 1. The van der Waals surface area contributed by atoms with Crippen molar-refractivity contribution in [2.45, 2.75) is 19.3 Å².